The van der Waals surface area contributed by atoms with Crippen molar-refractivity contribution in [2.24, 2.45) is 0 Å². The molecule has 2 aromatic rings. The molecule has 2 rings (SSSR count). The van der Waals surface area contributed by atoms with Crippen molar-refractivity contribution in [3.05, 3.63) is 51.5 Å². The van der Waals surface area contributed by atoms with Crippen molar-refractivity contribution in [1.82, 2.24) is 0 Å². The van der Waals surface area contributed by atoms with Gasteiger partial charge in [0.25, 0.3) is 10.0 Å². The average molecular weight is 421 g/mol. The number of halogens is 2. The summed E-state index contributed by atoms with van der Waals surface area (Å²) in [6.45, 7) is 0. The summed E-state index contributed by atoms with van der Waals surface area (Å²) in [5.74, 6) is -0.758. The third kappa shape index (κ3) is 3.95. The van der Waals surface area contributed by atoms with E-state index in [9.17, 15) is 13.2 Å². The summed E-state index contributed by atoms with van der Waals surface area (Å²) in [6, 6.07) is 8.11. The predicted molar refractivity (Wildman–Crippen MR) is 89.9 cm³/mol. The Labute approximate surface area is 146 Å². The third-order valence-corrected chi connectivity index (χ3v) is 5.21. The first-order chi connectivity index (χ1) is 10.7. The molecule has 2 N–H and O–H groups in total. The number of sulfonamides is 1. The Morgan fingerprint density at radius 2 is 1.96 bits per heavy atom. The van der Waals surface area contributed by atoms with Crippen LogP contribution in [-0.4, -0.2) is 26.6 Å². The van der Waals surface area contributed by atoms with Crippen LogP contribution >= 0.6 is 27.5 Å². The van der Waals surface area contributed by atoms with Crippen LogP contribution in [0.5, 0.6) is 5.75 Å². The van der Waals surface area contributed by atoms with E-state index in [1.165, 1.54) is 37.4 Å². The van der Waals surface area contributed by atoms with Crippen LogP contribution in [0.4, 0.5) is 5.69 Å². The fraction of sp³-hybridized carbons (Fsp3) is 0.0714. The van der Waals surface area contributed by atoms with Crippen molar-refractivity contribution < 1.29 is 23.1 Å². The number of ether oxygens (including phenoxy) is 1. The summed E-state index contributed by atoms with van der Waals surface area (Å²) in [7, 11) is -2.42. The molecule has 2 aromatic carbocycles. The fourth-order valence-corrected chi connectivity index (χ4v) is 3.75. The number of carbonyl (C=O) groups is 1. The monoisotopic (exact) mass is 419 g/mol. The molecule has 0 aliphatic heterocycles. The van der Waals surface area contributed by atoms with Gasteiger partial charge in [-0.15, -0.1) is 0 Å². The van der Waals surface area contributed by atoms with Gasteiger partial charge in [0.05, 0.1) is 27.1 Å². The van der Waals surface area contributed by atoms with Gasteiger partial charge in [-0.3, -0.25) is 4.72 Å². The number of hydrogen-bond acceptors (Lipinski definition) is 4. The zero-order valence-electron chi connectivity index (χ0n) is 11.7. The lowest BCUT2D eigenvalue weighted by atomic mass is 10.2. The topological polar surface area (TPSA) is 92.7 Å². The molecule has 0 radical (unpaired) electrons. The molecule has 0 fully saturated rings. The maximum absolute atomic E-state index is 12.4. The zero-order valence-corrected chi connectivity index (χ0v) is 14.9. The van der Waals surface area contributed by atoms with Crippen LogP contribution < -0.4 is 9.46 Å². The Balaban J connectivity index is 2.37. The van der Waals surface area contributed by atoms with Crippen molar-refractivity contribution >= 4 is 49.2 Å². The normalized spacial score (nSPS) is 11.1. The lowest BCUT2D eigenvalue weighted by molar-refractivity contribution is 0.0697. The molecule has 9 heteroatoms. The van der Waals surface area contributed by atoms with E-state index < -0.39 is 16.0 Å². The first-order valence-electron chi connectivity index (χ1n) is 6.14. The van der Waals surface area contributed by atoms with Crippen LogP contribution in [0.25, 0.3) is 0 Å². The highest BCUT2D eigenvalue weighted by Crippen LogP contribution is 2.29. The summed E-state index contributed by atoms with van der Waals surface area (Å²) >= 11 is 8.97. The van der Waals surface area contributed by atoms with E-state index in [4.69, 9.17) is 21.4 Å². The minimum absolute atomic E-state index is 0.00278. The van der Waals surface area contributed by atoms with Crippen LogP contribution in [0.15, 0.2) is 45.8 Å². The second-order valence-corrected chi connectivity index (χ2v) is 7.35. The highest BCUT2D eigenvalue weighted by atomic mass is 79.9. The van der Waals surface area contributed by atoms with Crippen LogP contribution in [0.1, 0.15) is 10.4 Å². The molecule has 0 unspecified atom stereocenters. The molecule has 0 heterocycles. The van der Waals surface area contributed by atoms with E-state index in [-0.39, 0.29) is 21.2 Å². The molecule has 23 heavy (non-hydrogen) atoms. The summed E-state index contributed by atoms with van der Waals surface area (Å²) in [6.07, 6.45) is 0. The van der Waals surface area contributed by atoms with Crippen molar-refractivity contribution in [1.29, 1.82) is 0 Å². The Kier molecular flexibility index (Phi) is 5.18. The fourth-order valence-electron chi connectivity index (χ4n) is 1.78. The molecule has 0 aliphatic carbocycles. The van der Waals surface area contributed by atoms with Gasteiger partial charge >= 0.3 is 5.97 Å². The number of aromatic carboxylic acids is 1. The Hall–Kier alpha value is -1.77. The van der Waals surface area contributed by atoms with Gasteiger partial charge in [0.15, 0.2) is 0 Å². The van der Waals surface area contributed by atoms with Crippen LogP contribution in [0, 0.1) is 0 Å². The minimum Gasteiger partial charge on any atom is -0.496 e. The van der Waals surface area contributed by atoms with E-state index in [1.54, 1.807) is 0 Å². The minimum atomic E-state index is -3.89. The van der Waals surface area contributed by atoms with Gasteiger partial charge in [0, 0.05) is 5.69 Å². The van der Waals surface area contributed by atoms with E-state index in [0.717, 1.165) is 6.07 Å². The van der Waals surface area contributed by atoms with Crippen LogP contribution in [0.3, 0.4) is 0 Å². The third-order valence-electron chi connectivity index (χ3n) is 2.88. The van der Waals surface area contributed by atoms with Gasteiger partial charge in [-0.05, 0) is 52.3 Å². The SMILES string of the molecule is COc1ccc(S(=O)(=O)Nc2ccc(Cl)c(C(=O)O)c2)cc1Br. The zero-order chi connectivity index (χ0) is 17.2. The summed E-state index contributed by atoms with van der Waals surface area (Å²) in [4.78, 5) is 11.0. The predicted octanol–water partition coefficient (Wildman–Crippen LogP) is 3.61. The van der Waals surface area contributed by atoms with E-state index >= 15 is 0 Å². The van der Waals surface area contributed by atoms with Crippen LogP contribution in [-0.2, 0) is 10.0 Å². The van der Waals surface area contributed by atoms with Gasteiger partial charge < -0.3 is 9.84 Å². The highest BCUT2D eigenvalue weighted by Gasteiger charge is 2.18. The molecule has 0 spiro atoms. The summed E-state index contributed by atoms with van der Waals surface area (Å²) < 4.78 is 32.6. The molecule has 0 aliphatic rings. The molecular weight excluding hydrogens is 410 g/mol. The molecule has 0 amide bonds. The first-order valence-corrected chi connectivity index (χ1v) is 8.79. The average Bonchev–Trinajstić information content (AvgIpc) is 2.48. The number of anilines is 1. The molecule has 122 valence electrons. The van der Waals surface area contributed by atoms with Gasteiger partial charge in [0.1, 0.15) is 5.75 Å². The number of rotatable bonds is 5. The molecule has 0 aromatic heterocycles. The lowest BCUT2D eigenvalue weighted by Gasteiger charge is -2.11. The Morgan fingerprint density at radius 3 is 2.52 bits per heavy atom. The molecule has 0 atom stereocenters. The van der Waals surface area contributed by atoms with E-state index in [1.807, 2.05) is 0 Å². The Morgan fingerprint density at radius 1 is 1.26 bits per heavy atom. The summed E-state index contributed by atoms with van der Waals surface area (Å²) in [5.41, 5.74) is -0.0958. The van der Waals surface area contributed by atoms with Crippen LogP contribution in [0.2, 0.25) is 5.02 Å². The number of hydrogen-bond donors (Lipinski definition) is 2. The van der Waals surface area contributed by atoms with Gasteiger partial charge in [-0.1, -0.05) is 11.6 Å². The number of carboxylic acids is 1. The van der Waals surface area contributed by atoms with Crippen molar-refractivity contribution in [3.63, 3.8) is 0 Å². The molecular formula is C14H11BrClNO5S. The number of carboxylic acid groups (broad SMARTS) is 1. The van der Waals surface area contributed by atoms with E-state index in [2.05, 4.69) is 20.7 Å². The second kappa shape index (κ2) is 6.77. The smallest absolute Gasteiger partial charge is 0.337 e. The molecule has 0 saturated carbocycles. The van der Waals surface area contributed by atoms with Gasteiger partial charge in [-0.25, -0.2) is 13.2 Å². The van der Waals surface area contributed by atoms with Crippen molar-refractivity contribution in [3.8, 4) is 5.75 Å². The van der Waals surface area contributed by atoms with E-state index in [0.29, 0.717) is 10.2 Å². The molecule has 0 saturated heterocycles. The quantitative estimate of drug-likeness (QED) is 0.771. The molecule has 6 nitrogen and oxygen atoms in total. The van der Waals surface area contributed by atoms with Crippen molar-refractivity contribution in [2.75, 3.05) is 11.8 Å². The number of nitrogens with one attached hydrogen (secondary N) is 1. The standard InChI is InChI=1S/C14H11BrClNO5S/c1-22-13-5-3-9(7-11(13)15)23(20,21)17-8-2-4-12(16)10(6-8)14(18)19/h2-7,17H,1H3,(H,18,19). The second-order valence-electron chi connectivity index (χ2n) is 4.40. The van der Waals surface area contributed by atoms with Gasteiger partial charge in [-0.2, -0.15) is 0 Å². The maximum Gasteiger partial charge on any atom is 0.337 e. The lowest BCUT2D eigenvalue weighted by Crippen LogP contribution is -2.13. The number of methoxy groups -OCH3 is 1. The highest BCUT2D eigenvalue weighted by molar-refractivity contribution is 9.10. The first kappa shape index (κ1) is 17.6. The number of benzene rings is 2. The maximum atomic E-state index is 12.4. The largest absolute Gasteiger partial charge is 0.496 e. The summed E-state index contributed by atoms with van der Waals surface area (Å²) in [5, 5.41) is 9.04. The van der Waals surface area contributed by atoms with Crippen molar-refractivity contribution in [2.45, 2.75) is 4.90 Å². The van der Waals surface area contributed by atoms with Gasteiger partial charge in [0.2, 0.25) is 0 Å². The Bertz CT molecular complexity index is 869. The molecule has 0 bridgehead atoms.